The minimum absolute atomic E-state index is 0.123. The van der Waals surface area contributed by atoms with E-state index in [4.69, 9.17) is 0 Å². The zero-order valence-electron chi connectivity index (χ0n) is 7.27. The topological polar surface area (TPSA) is 47.2 Å². The average molecular weight is 180 g/mol. The number of ether oxygens (including phenoxy) is 1. The largest absolute Gasteiger partial charge is 0.464 e. The van der Waals surface area contributed by atoms with Crippen LogP contribution in [0.5, 0.6) is 0 Å². The summed E-state index contributed by atoms with van der Waals surface area (Å²) in [4.78, 5) is 21.2. The fraction of sp³-hybridized carbons (Fsp3) is 0.222. The molecular weight excluding hydrogens is 170 g/mol. The molecule has 0 aliphatic heterocycles. The van der Waals surface area contributed by atoms with Gasteiger partial charge in [-0.3, -0.25) is 4.79 Å². The summed E-state index contributed by atoms with van der Waals surface area (Å²) < 4.78 is 6.07. The van der Waals surface area contributed by atoms with Crippen LogP contribution < -0.4 is 4.57 Å². The van der Waals surface area contributed by atoms with Crippen molar-refractivity contribution in [3.05, 3.63) is 30.1 Å². The Bertz CT molecular complexity index is 322. The Morgan fingerprint density at radius 2 is 2.46 bits per heavy atom. The molecule has 1 aromatic rings. The summed E-state index contributed by atoms with van der Waals surface area (Å²) in [5.74, 6) is -0.340. The van der Waals surface area contributed by atoms with Crippen molar-refractivity contribution in [2.75, 3.05) is 7.11 Å². The van der Waals surface area contributed by atoms with E-state index in [1.54, 1.807) is 29.1 Å². The predicted molar refractivity (Wildman–Crippen MR) is 44.0 cm³/mol. The van der Waals surface area contributed by atoms with Gasteiger partial charge < -0.3 is 4.74 Å². The molecule has 13 heavy (non-hydrogen) atoms. The lowest BCUT2D eigenvalue weighted by Crippen LogP contribution is -2.38. The highest BCUT2D eigenvalue weighted by Crippen LogP contribution is 1.88. The molecular formula is C9H10NO3+. The second-order valence-corrected chi connectivity index (χ2v) is 2.50. The summed E-state index contributed by atoms with van der Waals surface area (Å²) in [6.45, 7) is 0.123. The molecule has 0 N–H and O–H groups in total. The van der Waals surface area contributed by atoms with Crippen molar-refractivity contribution in [2.45, 2.75) is 6.54 Å². The molecule has 0 fully saturated rings. The Kier molecular flexibility index (Phi) is 3.14. The highest BCUT2D eigenvalue weighted by molar-refractivity contribution is 5.73. The number of aromatic nitrogens is 1. The van der Waals surface area contributed by atoms with Gasteiger partial charge in [0.1, 0.15) is 0 Å². The number of carbonyl (C=O) groups excluding carboxylic acids is 2. The van der Waals surface area contributed by atoms with Crippen molar-refractivity contribution >= 4 is 12.3 Å². The number of nitrogens with zero attached hydrogens (tertiary/aromatic N) is 1. The zero-order valence-corrected chi connectivity index (χ0v) is 7.27. The third-order valence-corrected chi connectivity index (χ3v) is 1.56. The van der Waals surface area contributed by atoms with E-state index in [0.29, 0.717) is 5.56 Å². The van der Waals surface area contributed by atoms with Crippen LogP contribution in [0.25, 0.3) is 0 Å². The van der Waals surface area contributed by atoms with E-state index in [1.807, 2.05) is 0 Å². The van der Waals surface area contributed by atoms with Gasteiger partial charge in [-0.05, 0) is 6.07 Å². The molecule has 0 unspecified atom stereocenters. The monoisotopic (exact) mass is 180 g/mol. The first kappa shape index (κ1) is 9.38. The number of rotatable bonds is 3. The summed E-state index contributed by atoms with van der Waals surface area (Å²) >= 11 is 0. The standard InChI is InChI=1S/C9H10NO3/c1-13-9(12)6-10-4-2-3-8(5-10)7-11/h2-5,7H,6H2,1H3/q+1. The molecule has 0 aliphatic rings. The first-order valence-corrected chi connectivity index (χ1v) is 3.77. The number of carbonyl (C=O) groups is 2. The summed E-state index contributed by atoms with van der Waals surface area (Å²) in [7, 11) is 1.33. The van der Waals surface area contributed by atoms with Crippen molar-refractivity contribution in [1.82, 2.24) is 0 Å². The number of hydrogen-bond acceptors (Lipinski definition) is 3. The van der Waals surface area contributed by atoms with Gasteiger partial charge in [-0.25, -0.2) is 4.79 Å². The molecule has 0 bridgehead atoms. The molecule has 0 aromatic carbocycles. The van der Waals surface area contributed by atoms with Crippen molar-refractivity contribution in [3.8, 4) is 0 Å². The quantitative estimate of drug-likeness (QED) is 0.372. The predicted octanol–water partition coefficient (Wildman–Crippen LogP) is -0.0404. The van der Waals surface area contributed by atoms with Crippen LogP contribution in [0.2, 0.25) is 0 Å². The van der Waals surface area contributed by atoms with Gasteiger partial charge in [0, 0.05) is 6.07 Å². The van der Waals surface area contributed by atoms with E-state index in [2.05, 4.69) is 4.74 Å². The lowest BCUT2D eigenvalue weighted by Gasteiger charge is -1.95. The van der Waals surface area contributed by atoms with Gasteiger partial charge in [-0.2, -0.15) is 4.57 Å². The second-order valence-electron chi connectivity index (χ2n) is 2.50. The van der Waals surface area contributed by atoms with Crippen LogP contribution in [0.3, 0.4) is 0 Å². The molecule has 4 nitrogen and oxygen atoms in total. The maximum Gasteiger partial charge on any atom is 0.372 e. The summed E-state index contributed by atoms with van der Waals surface area (Å²) in [5, 5.41) is 0. The number of esters is 1. The van der Waals surface area contributed by atoms with E-state index in [1.165, 1.54) is 7.11 Å². The van der Waals surface area contributed by atoms with Crippen molar-refractivity contribution in [2.24, 2.45) is 0 Å². The Morgan fingerprint density at radius 3 is 3.08 bits per heavy atom. The third-order valence-electron chi connectivity index (χ3n) is 1.56. The van der Waals surface area contributed by atoms with Gasteiger partial charge in [0.2, 0.25) is 6.54 Å². The zero-order chi connectivity index (χ0) is 9.68. The minimum atomic E-state index is -0.340. The molecule has 4 heteroatoms. The second kappa shape index (κ2) is 4.35. The van der Waals surface area contributed by atoms with Crippen molar-refractivity contribution in [1.29, 1.82) is 0 Å². The lowest BCUT2D eigenvalue weighted by atomic mass is 10.3. The Morgan fingerprint density at radius 1 is 1.69 bits per heavy atom. The van der Waals surface area contributed by atoms with Crippen LogP contribution in [0.15, 0.2) is 24.5 Å². The van der Waals surface area contributed by atoms with Gasteiger partial charge >= 0.3 is 5.97 Å². The van der Waals surface area contributed by atoms with E-state index in [-0.39, 0.29) is 12.5 Å². The Labute approximate surface area is 75.8 Å². The van der Waals surface area contributed by atoms with Crippen LogP contribution in [0.4, 0.5) is 0 Å². The van der Waals surface area contributed by atoms with Crippen molar-refractivity contribution < 1.29 is 18.9 Å². The molecule has 1 heterocycles. The molecule has 0 atom stereocenters. The fourth-order valence-corrected chi connectivity index (χ4v) is 0.924. The first-order valence-electron chi connectivity index (χ1n) is 3.77. The Hall–Kier alpha value is -1.71. The SMILES string of the molecule is COC(=O)C[n+]1cccc(C=O)c1. The molecule has 0 aliphatic carbocycles. The van der Waals surface area contributed by atoms with Crippen LogP contribution >= 0.6 is 0 Å². The van der Waals surface area contributed by atoms with E-state index < -0.39 is 0 Å². The molecule has 1 rings (SSSR count). The highest BCUT2D eigenvalue weighted by atomic mass is 16.5. The fourth-order valence-electron chi connectivity index (χ4n) is 0.924. The first-order chi connectivity index (χ1) is 6.26. The van der Waals surface area contributed by atoms with Crippen LogP contribution in [0, 0.1) is 0 Å². The lowest BCUT2D eigenvalue weighted by molar-refractivity contribution is -0.686. The number of aldehydes is 1. The summed E-state index contributed by atoms with van der Waals surface area (Å²) in [6.07, 6.45) is 4.02. The number of hydrogen-bond donors (Lipinski definition) is 0. The van der Waals surface area contributed by atoms with Gasteiger partial charge in [0.25, 0.3) is 0 Å². The van der Waals surface area contributed by atoms with Crippen LogP contribution in [-0.4, -0.2) is 19.4 Å². The van der Waals surface area contributed by atoms with Crippen LogP contribution in [0.1, 0.15) is 10.4 Å². The third kappa shape index (κ3) is 2.66. The van der Waals surface area contributed by atoms with Gasteiger partial charge in [-0.1, -0.05) is 0 Å². The molecule has 0 amide bonds. The van der Waals surface area contributed by atoms with E-state index in [9.17, 15) is 9.59 Å². The molecule has 0 saturated heterocycles. The number of methoxy groups -OCH3 is 1. The molecule has 0 radical (unpaired) electrons. The average Bonchev–Trinajstić information content (AvgIpc) is 2.18. The smallest absolute Gasteiger partial charge is 0.372 e. The normalized spacial score (nSPS) is 9.31. The van der Waals surface area contributed by atoms with E-state index in [0.717, 1.165) is 6.29 Å². The van der Waals surface area contributed by atoms with Gasteiger partial charge in [0.15, 0.2) is 18.7 Å². The number of pyridine rings is 1. The van der Waals surface area contributed by atoms with Gasteiger partial charge in [-0.15, -0.1) is 0 Å². The molecule has 0 saturated carbocycles. The Balaban J connectivity index is 2.77. The van der Waals surface area contributed by atoms with Crippen LogP contribution in [-0.2, 0) is 16.1 Å². The minimum Gasteiger partial charge on any atom is -0.464 e. The maximum atomic E-state index is 10.8. The maximum absolute atomic E-state index is 10.8. The molecule has 1 aromatic heterocycles. The summed E-state index contributed by atoms with van der Waals surface area (Å²) in [6, 6.07) is 3.37. The van der Waals surface area contributed by atoms with E-state index >= 15 is 0 Å². The molecule has 68 valence electrons. The highest BCUT2D eigenvalue weighted by Gasteiger charge is 2.08. The molecule has 0 spiro atoms. The van der Waals surface area contributed by atoms with Gasteiger partial charge in [0.05, 0.1) is 12.7 Å². The summed E-state index contributed by atoms with van der Waals surface area (Å²) in [5.41, 5.74) is 0.534. The van der Waals surface area contributed by atoms with Crippen molar-refractivity contribution in [3.63, 3.8) is 0 Å².